The molecule has 0 aliphatic carbocycles. The third-order valence-electron chi connectivity index (χ3n) is 9.14. The summed E-state index contributed by atoms with van der Waals surface area (Å²) in [4.78, 5) is 23.6. The number of nitrogens with one attached hydrogen (secondary N) is 2. The van der Waals surface area contributed by atoms with Crippen LogP contribution in [0.3, 0.4) is 0 Å². The summed E-state index contributed by atoms with van der Waals surface area (Å²) in [6.45, 7) is 0.368. The Morgan fingerprint density at radius 1 is 0.815 bits per heavy atom. The summed E-state index contributed by atoms with van der Waals surface area (Å²) >= 11 is 1.48. The molecule has 1 aliphatic rings. The van der Waals surface area contributed by atoms with Crippen molar-refractivity contribution in [3.8, 4) is 22.6 Å². The molecule has 0 saturated carbocycles. The second kappa shape index (κ2) is 19.3. The molecule has 3 atom stereocenters. The molecule has 2 heterocycles. The van der Waals surface area contributed by atoms with Crippen molar-refractivity contribution < 1.29 is 34.5 Å². The largest absolute Gasteiger partial charge is 0.508 e. The van der Waals surface area contributed by atoms with Crippen molar-refractivity contribution in [2.24, 2.45) is 0 Å². The van der Waals surface area contributed by atoms with Crippen molar-refractivity contribution in [3.05, 3.63) is 119 Å². The molecule has 0 bridgehead atoms. The van der Waals surface area contributed by atoms with Gasteiger partial charge in [0.05, 0.1) is 24.5 Å². The van der Waals surface area contributed by atoms with E-state index in [0.717, 1.165) is 58.3 Å². The zero-order valence-corrected chi connectivity index (χ0v) is 30.5. The normalized spacial score (nSPS) is 16.9. The van der Waals surface area contributed by atoms with E-state index in [1.54, 1.807) is 34.4 Å². The maximum absolute atomic E-state index is 12.5. The van der Waals surface area contributed by atoms with E-state index in [2.05, 4.69) is 33.0 Å². The fourth-order valence-electron chi connectivity index (χ4n) is 6.21. The first-order valence-corrected chi connectivity index (χ1v) is 19.0. The Morgan fingerprint density at radius 3 is 2.28 bits per heavy atom. The van der Waals surface area contributed by atoms with E-state index in [-0.39, 0.29) is 36.9 Å². The molecular formula is C40H44N6O7S. The number of aliphatic hydroxyl groups is 1. The molecule has 5 aromatic rings. The first-order chi connectivity index (χ1) is 26.4. The highest BCUT2D eigenvalue weighted by Crippen LogP contribution is 2.40. The number of hydrogen-bond acceptors (Lipinski definition) is 11. The second-order valence-electron chi connectivity index (χ2n) is 13.1. The van der Waals surface area contributed by atoms with Crippen molar-refractivity contribution in [1.29, 1.82) is 0 Å². The zero-order valence-electron chi connectivity index (χ0n) is 29.7. The summed E-state index contributed by atoms with van der Waals surface area (Å²) < 4.78 is 14.8. The summed E-state index contributed by atoms with van der Waals surface area (Å²) in [6, 6.07) is 30.6. The van der Waals surface area contributed by atoms with Crippen LogP contribution in [0.1, 0.15) is 79.6 Å². The number of hydroxylamine groups is 1. The Balaban J connectivity index is 1.11. The topological polar surface area (TPSA) is 181 Å². The molecule has 0 radical (unpaired) electrons. The number of benzene rings is 4. The maximum Gasteiger partial charge on any atom is 0.243 e. The van der Waals surface area contributed by atoms with E-state index in [1.165, 1.54) is 11.8 Å². The summed E-state index contributed by atoms with van der Waals surface area (Å²) in [5, 5.41) is 43.8. The van der Waals surface area contributed by atoms with E-state index in [4.69, 9.17) is 14.7 Å². The van der Waals surface area contributed by atoms with E-state index in [1.807, 2.05) is 60.7 Å². The molecule has 2 amide bonds. The minimum Gasteiger partial charge on any atom is -0.508 e. The fourth-order valence-corrected chi connectivity index (χ4v) is 7.12. The predicted octanol–water partition coefficient (Wildman–Crippen LogP) is 6.33. The molecule has 1 aliphatic heterocycles. The molecule has 5 N–H and O–H groups in total. The van der Waals surface area contributed by atoms with Gasteiger partial charge in [-0.1, -0.05) is 85.3 Å². The van der Waals surface area contributed by atoms with Gasteiger partial charge >= 0.3 is 0 Å². The van der Waals surface area contributed by atoms with Gasteiger partial charge in [0.25, 0.3) is 0 Å². The first-order valence-electron chi connectivity index (χ1n) is 18.0. The quantitative estimate of drug-likeness (QED) is 0.0310. The van der Waals surface area contributed by atoms with Crippen LogP contribution in [0.5, 0.6) is 5.75 Å². The lowest BCUT2D eigenvalue weighted by Gasteiger charge is -2.36. The Bertz CT molecular complexity index is 1970. The fraction of sp³-hybridized carbons (Fsp3) is 0.325. The van der Waals surface area contributed by atoms with Crippen molar-refractivity contribution >= 4 is 23.6 Å². The van der Waals surface area contributed by atoms with Crippen LogP contribution in [-0.2, 0) is 32.2 Å². The van der Waals surface area contributed by atoms with Crippen LogP contribution in [0, 0.1) is 0 Å². The van der Waals surface area contributed by atoms with Crippen LogP contribution in [0.2, 0.25) is 0 Å². The molecule has 1 aromatic heterocycles. The molecule has 0 unspecified atom stereocenters. The Hall–Kier alpha value is -5.12. The smallest absolute Gasteiger partial charge is 0.243 e. The number of aromatic nitrogens is 4. The van der Waals surface area contributed by atoms with Gasteiger partial charge in [0.1, 0.15) is 5.75 Å². The van der Waals surface area contributed by atoms with Gasteiger partial charge in [-0.05, 0) is 87.5 Å². The van der Waals surface area contributed by atoms with Crippen LogP contribution in [0.4, 0.5) is 0 Å². The number of nitrogens with zero attached hydrogens (tertiary/aromatic N) is 4. The number of phenols is 1. The van der Waals surface area contributed by atoms with Gasteiger partial charge in [-0.15, -0.1) is 5.10 Å². The zero-order chi connectivity index (χ0) is 37.7. The van der Waals surface area contributed by atoms with Gasteiger partial charge < -0.3 is 25.0 Å². The molecule has 14 heteroatoms. The standard InChI is InChI=1S/C40H44N6O7S/c47-25-27-13-15-29(16-14-27)36-23-35(26-54-40-42-44-45-46(40)33-17-19-34(48)20-18-33)52-39(53-36)32-10-6-9-31(22-32)30-8-5-7-28(21-30)24-41-37(49)11-3-1-2-4-12-38(50)43-51/h5-10,13-22,35-36,39,47-48,51H,1-4,11-12,23-26H2,(H,41,49)(H,43,50)/t35-,36+,39+/m1/s1. The average Bonchev–Trinajstić information content (AvgIpc) is 3.69. The minimum absolute atomic E-state index is 0.0211. The second-order valence-corrected chi connectivity index (χ2v) is 14.1. The molecule has 6 rings (SSSR count). The van der Waals surface area contributed by atoms with E-state index >= 15 is 0 Å². The number of phenolic OH excluding ortho intramolecular Hbond substituents is 1. The molecule has 0 spiro atoms. The average molecular weight is 753 g/mol. The van der Waals surface area contributed by atoms with Crippen molar-refractivity contribution in [2.45, 2.75) is 81.8 Å². The highest BCUT2D eigenvalue weighted by atomic mass is 32.2. The molecule has 282 valence electrons. The van der Waals surface area contributed by atoms with Crippen molar-refractivity contribution in [2.75, 3.05) is 5.75 Å². The summed E-state index contributed by atoms with van der Waals surface area (Å²) in [5.41, 5.74) is 7.99. The Labute approximate surface area is 317 Å². The van der Waals surface area contributed by atoms with Crippen LogP contribution < -0.4 is 10.8 Å². The molecule has 4 aromatic carbocycles. The monoisotopic (exact) mass is 752 g/mol. The van der Waals surface area contributed by atoms with Gasteiger partial charge in [0.2, 0.25) is 17.0 Å². The highest BCUT2D eigenvalue weighted by Gasteiger charge is 2.33. The van der Waals surface area contributed by atoms with E-state index < -0.39 is 12.2 Å². The third kappa shape index (κ3) is 10.7. The first kappa shape index (κ1) is 38.6. The van der Waals surface area contributed by atoms with E-state index in [0.29, 0.717) is 36.7 Å². The highest BCUT2D eigenvalue weighted by molar-refractivity contribution is 7.99. The number of ether oxygens (including phenoxy) is 2. The van der Waals surface area contributed by atoms with E-state index in [9.17, 15) is 19.8 Å². The van der Waals surface area contributed by atoms with Gasteiger partial charge in [0.15, 0.2) is 6.29 Å². The molecule has 13 nitrogen and oxygen atoms in total. The predicted molar refractivity (Wildman–Crippen MR) is 201 cm³/mol. The number of carbonyl (C=O) groups is 2. The van der Waals surface area contributed by atoms with Crippen molar-refractivity contribution in [1.82, 2.24) is 31.0 Å². The number of hydrogen-bond donors (Lipinski definition) is 5. The van der Waals surface area contributed by atoms with Crippen LogP contribution >= 0.6 is 11.8 Å². The number of carbonyl (C=O) groups excluding carboxylic acids is 2. The summed E-state index contributed by atoms with van der Waals surface area (Å²) in [7, 11) is 0. The van der Waals surface area contributed by atoms with Crippen LogP contribution in [-0.4, -0.2) is 59.3 Å². The van der Waals surface area contributed by atoms with Gasteiger partial charge in [-0.2, -0.15) is 4.68 Å². The molecule has 1 fully saturated rings. The number of thioether (sulfide) groups is 1. The van der Waals surface area contributed by atoms with Gasteiger partial charge in [-0.25, -0.2) is 5.48 Å². The number of unbranched alkanes of at least 4 members (excludes halogenated alkanes) is 3. The minimum atomic E-state index is -0.658. The van der Waals surface area contributed by atoms with Crippen molar-refractivity contribution in [3.63, 3.8) is 0 Å². The lowest BCUT2D eigenvalue weighted by atomic mass is 9.99. The lowest BCUT2D eigenvalue weighted by Crippen LogP contribution is -2.31. The Kier molecular flexibility index (Phi) is 13.8. The lowest BCUT2D eigenvalue weighted by molar-refractivity contribution is -0.245. The molecule has 54 heavy (non-hydrogen) atoms. The van der Waals surface area contributed by atoms with Crippen LogP contribution in [0.15, 0.2) is 102 Å². The Morgan fingerprint density at radius 2 is 1.54 bits per heavy atom. The molecular weight excluding hydrogens is 709 g/mol. The summed E-state index contributed by atoms with van der Waals surface area (Å²) in [5.74, 6) is 0.301. The number of rotatable bonds is 17. The third-order valence-corrected chi connectivity index (χ3v) is 10.2. The number of aromatic hydroxyl groups is 1. The molecule has 1 saturated heterocycles. The number of tetrazole rings is 1. The summed E-state index contributed by atoms with van der Waals surface area (Å²) in [6.07, 6.45) is 3.21. The van der Waals surface area contributed by atoms with Gasteiger partial charge in [-0.3, -0.25) is 14.8 Å². The SMILES string of the molecule is O=C(CCCCCCC(=O)NCc1cccc(-c2cccc([C@H]3O[C@@H](CSc4nnnn4-c4ccc(O)cc4)C[C@@H](c4ccc(CO)cc4)O3)c2)c1)NO. The maximum atomic E-state index is 12.5. The van der Waals surface area contributed by atoms with Gasteiger partial charge in [0, 0.05) is 37.1 Å². The number of amides is 2. The van der Waals surface area contributed by atoms with Crippen LogP contribution in [0.25, 0.3) is 16.8 Å². The number of aliphatic hydroxyl groups excluding tert-OH is 1.